The average Bonchev–Trinajstić information content (AvgIpc) is 2.99. The number of amides is 1. The summed E-state index contributed by atoms with van der Waals surface area (Å²) in [5.74, 6) is 0.959. The number of nitrogens with one attached hydrogen (secondary N) is 2. The minimum Gasteiger partial charge on any atom is -0.492 e. The van der Waals surface area contributed by atoms with Crippen LogP contribution in [0.5, 0.6) is 11.5 Å². The Kier molecular flexibility index (Phi) is 5.44. The molecule has 1 unspecified atom stereocenters. The third kappa shape index (κ3) is 4.28. The molecule has 0 bridgehead atoms. The van der Waals surface area contributed by atoms with Crippen molar-refractivity contribution < 1.29 is 19.2 Å². The van der Waals surface area contributed by atoms with Gasteiger partial charge in [-0.2, -0.15) is 0 Å². The predicted molar refractivity (Wildman–Crippen MR) is 102 cm³/mol. The van der Waals surface area contributed by atoms with Crippen LogP contribution < -0.4 is 20.1 Å². The normalized spacial score (nSPS) is 14.8. The van der Waals surface area contributed by atoms with Crippen LogP contribution >= 0.6 is 0 Å². The summed E-state index contributed by atoms with van der Waals surface area (Å²) >= 11 is 0. The minimum atomic E-state index is -0.494. The molecule has 3 rings (SSSR count). The fraction of sp³-hybridized carbons (Fsp3) is 0.316. The highest BCUT2D eigenvalue weighted by Gasteiger charge is 2.22. The van der Waals surface area contributed by atoms with Crippen LogP contribution in [0, 0.1) is 10.1 Å². The first kappa shape index (κ1) is 18.5. The van der Waals surface area contributed by atoms with E-state index in [1.165, 1.54) is 6.07 Å². The van der Waals surface area contributed by atoms with Gasteiger partial charge in [-0.05, 0) is 26.0 Å². The van der Waals surface area contributed by atoms with E-state index in [0.29, 0.717) is 18.0 Å². The van der Waals surface area contributed by atoms with Gasteiger partial charge in [-0.15, -0.1) is 0 Å². The Morgan fingerprint density at radius 3 is 2.85 bits per heavy atom. The van der Waals surface area contributed by atoms with E-state index >= 15 is 0 Å². The van der Waals surface area contributed by atoms with Crippen molar-refractivity contribution in [2.75, 3.05) is 23.8 Å². The van der Waals surface area contributed by atoms with Crippen molar-refractivity contribution in [1.29, 1.82) is 0 Å². The number of rotatable bonds is 7. The lowest BCUT2D eigenvalue weighted by atomic mass is 10.1. The maximum atomic E-state index is 12.3. The Labute approximate surface area is 156 Å². The molecule has 0 aliphatic carbocycles. The molecule has 27 heavy (non-hydrogen) atoms. The maximum Gasteiger partial charge on any atom is 0.292 e. The summed E-state index contributed by atoms with van der Waals surface area (Å²) in [6, 6.07) is 9.82. The molecule has 2 aromatic rings. The van der Waals surface area contributed by atoms with Gasteiger partial charge < -0.3 is 20.1 Å². The standard InChI is InChI=1S/C19H21N3O5/c1-3-26-18-9-13-8-12(2)27-17(13)10-15(18)21-19(23)11-20-14-6-4-5-7-16(14)22(24)25/h4-7,9-10,12,20H,3,8,11H2,1-2H3,(H,21,23). The molecule has 0 aromatic heterocycles. The lowest BCUT2D eigenvalue weighted by molar-refractivity contribution is -0.383. The van der Waals surface area contributed by atoms with Gasteiger partial charge in [-0.1, -0.05) is 12.1 Å². The molecule has 1 aliphatic heterocycles. The number of para-hydroxylation sites is 2. The molecule has 2 aromatic carbocycles. The van der Waals surface area contributed by atoms with Crippen LogP contribution in [0.4, 0.5) is 17.1 Å². The monoisotopic (exact) mass is 371 g/mol. The number of anilines is 2. The second-order valence-electron chi connectivity index (χ2n) is 6.20. The van der Waals surface area contributed by atoms with Gasteiger partial charge >= 0.3 is 0 Å². The zero-order valence-electron chi connectivity index (χ0n) is 15.2. The molecular weight excluding hydrogens is 350 g/mol. The van der Waals surface area contributed by atoms with E-state index in [4.69, 9.17) is 9.47 Å². The molecule has 1 atom stereocenters. The third-order valence-electron chi connectivity index (χ3n) is 4.11. The van der Waals surface area contributed by atoms with Crippen molar-refractivity contribution >= 4 is 23.0 Å². The van der Waals surface area contributed by atoms with Crippen molar-refractivity contribution in [3.05, 3.63) is 52.1 Å². The molecule has 0 fully saturated rings. The average molecular weight is 371 g/mol. The Balaban J connectivity index is 1.71. The van der Waals surface area contributed by atoms with Gasteiger partial charge in [0, 0.05) is 24.1 Å². The van der Waals surface area contributed by atoms with Crippen LogP contribution in [-0.4, -0.2) is 30.1 Å². The van der Waals surface area contributed by atoms with Crippen LogP contribution in [0.3, 0.4) is 0 Å². The zero-order valence-corrected chi connectivity index (χ0v) is 15.2. The highest BCUT2D eigenvalue weighted by Crippen LogP contribution is 2.38. The number of nitrogens with zero attached hydrogens (tertiary/aromatic N) is 1. The largest absolute Gasteiger partial charge is 0.492 e. The SMILES string of the molecule is CCOc1cc2c(cc1NC(=O)CNc1ccccc1[N+](=O)[O-])OC(C)C2. The molecule has 0 spiro atoms. The molecule has 1 amide bonds. The van der Waals surface area contributed by atoms with E-state index in [1.807, 2.05) is 19.9 Å². The first-order chi connectivity index (χ1) is 13.0. The van der Waals surface area contributed by atoms with E-state index < -0.39 is 4.92 Å². The summed E-state index contributed by atoms with van der Waals surface area (Å²) in [5, 5.41) is 16.6. The number of carbonyl (C=O) groups excluding carboxylic acids is 1. The first-order valence-corrected chi connectivity index (χ1v) is 8.71. The summed E-state index contributed by atoms with van der Waals surface area (Å²) in [6.45, 7) is 4.20. The quantitative estimate of drug-likeness (QED) is 0.571. The molecule has 2 N–H and O–H groups in total. The molecule has 8 nitrogen and oxygen atoms in total. The predicted octanol–water partition coefficient (Wildman–Crippen LogP) is 3.37. The number of hydrogen-bond donors (Lipinski definition) is 2. The fourth-order valence-electron chi connectivity index (χ4n) is 2.96. The Morgan fingerprint density at radius 1 is 1.33 bits per heavy atom. The van der Waals surface area contributed by atoms with E-state index in [9.17, 15) is 14.9 Å². The smallest absolute Gasteiger partial charge is 0.292 e. The zero-order chi connectivity index (χ0) is 19.4. The van der Waals surface area contributed by atoms with E-state index in [1.54, 1.807) is 24.3 Å². The molecular formula is C19H21N3O5. The van der Waals surface area contributed by atoms with Gasteiger partial charge in [-0.3, -0.25) is 14.9 Å². The number of nitro groups is 1. The van der Waals surface area contributed by atoms with Crippen molar-refractivity contribution in [2.24, 2.45) is 0 Å². The van der Waals surface area contributed by atoms with E-state index in [2.05, 4.69) is 10.6 Å². The number of carbonyl (C=O) groups is 1. The lowest BCUT2D eigenvalue weighted by Crippen LogP contribution is -2.22. The van der Waals surface area contributed by atoms with Crippen LogP contribution in [0.1, 0.15) is 19.4 Å². The van der Waals surface area contributed by atoms with E-state index in [-0.39, 0.29) is 29.9 Å². The second-order valence-corrected chi connectivity index (χ2v) is 6.20. The van der Waals surface area contributed by atoms with Crippen LogP contribution in [0.15, 0.2) is 36.4 Å². The Hall–Kier alpha value is -3.29. The van der Waals surface area contributed by atoms with Gasteiger partial charge in [0.15, 0.2) is 0 Å². The van der Waals surface area contributed by atoms with Crippen molar-refractivity contribution in [2.45, 2.75) is 26.4 Å². The molecule has 8 heteroatoms. The number of hydrogen-bond acceptors (Lipinski definition) is 6. The number of nitro benzene ring substituents is 1. The maximum absolute atomic E-state index is 12.3. The van der Waals surface area contributed by atoms with Crippen LogP contribution in [0.25, 0.3) is 0 Å². The van der Waals surface area contributed by atoms with Crippen molar-refractivity contribution in [3.63, 3.8) is 0 Å². The van der Waals surface area contributed by atoms with Gasteiger partial charge in [-0.25, -0.2) is 0 Å². The minimum absolute atomic E-state index is 0.0831. The second kappa shape index (κ2) is 7.94. The van der Waals surface area contributed by atoms with Crippen LogP contribution in [0.2, 0.25) is 0 Å². The summed E-state index contributed by atoms with van der Waals surface area (Å²) < 4.78 is 11.4. The molecule has 1 aliphatic rings. The van der Waals surface area contributed by atoms with Gasteiger partial charge in [0.2, 0.25) is 5.91 Å². The van der Waals surface area contributed by atoms with E-state index in [0.717, 1.165) is 17.7 Å². The molecule has 142 valence electrons. The lowest BCUT2D eigenvalue weighted by Gasteiger charge is -2.14. The summed E-state index contributed by atoms with van der Waals surface area (Å²) in [6.07, 6.45) is 0.879. The fourth-order valence-corrected chi connectivity index (χ4v) is 2.96. The molecule has 1 heterocycles. The molecule has 0 radical (unpaired) electrons. The number of ether oxygens (including phenoxy) is 2. The highest BCUT2D eigenvalue weighted by atomic mass is 16.6. The van der Waals surface area contributed by atoms with Gasteiger partial charge in [0.1, 0.15) is 23.3 Å². The van der Waals surface area contributed by atoms with Crippen molar-refractivity contribution in [1.82, 2.24) is 0 Å². The summed E-state index contributed by atoms with van der Waals surface area (Å²) in [4.78, 5) is 22.9. The number of benzene rings is 2. The van der Waals surface area contributed by atoms with Crippen LogP contribution in [-0.2, 0) is 11.2 Å². The number of fused-ring (bicyclic) bond motifs is 1. The van der Waals surface area contributed by atoms with Gasteiger partial charge in [0.25, 0.3) is 5.69 Å². The third-order valence-corrected chi connectivity index (χ3v) is 4.11. The van der Waals surface area contributed by atoms with Crippen molar-refractivity contribution in [3.8, 4) is 11.5 Å². The summed E-state index contributed by atoms with van der Waals surface area (Å²) in [7, 11) is 0. The molecule has 0 saturated carbocycles. The first-order valence-electron chi connectivity index (χ1n) is 8.71. The molecule has 0 saturated heterocycles. The summed E-state index contributed by atoms with van der Waals surface area (Å²) in [5.41, 5.74) is 1.76. The topological polar surface area (TPSA) is 103 Å². The van der Waals surface area contributed by atoms with Gasteiger partial charge in [0.05, 0.1) is 23.8 Å². The highest BCUT2D eigenvalue weighted by molar-refractivity contribution is 5.95. The Morgan fingerprint density at radius 2 is 2.11 bits per heavy atom. The Bertz CT molecular complexity index is 868.